The lowest BCUT2D eigenvalue weighted by molar-refractivity contribution is 0.271. The average molecular weight is 145 g/mol. The van der Waals surface area contributed by atoms with E-state index in [1.54, 1.807) is 0 Å². The molecular weight excluding hydrogens is 126 g/mol. The SMILES string of the molecule is CC.OCCC1CCCN1. The first-order chi connectivity index (χ1) is 4.93. The lowest BCUT2D eigenvalue weighted by atomic mass is 10.2. The van der Waals surface area contributed by atoms with Gasteiger partial charge < -0.3 is 10.4 Å². The first-order valence-corrected chi connectivity index (χ1v) is 4.27. The second-order valence-electron chi connectivity index (χ2n) is 2.31. The molecule has 1 fully saturated rings. The molecule has 0 saturated carbocycles. The van der Waals surface area contributed by atoms with Crippen molar-refractivity contribution in [1.29, 1.82) is 0 Å². The van der Waals surface area contributed by atoms with Gasteiger partial charge in [-0.1, -0.05) is 13.8 Å². The summed E-state index contributed by atoms with van der Waals surface area (Å²) in [6.07, 6.45) is 3.46. The largest absolute Gasteiger partial charge is 0.396 e. The summed E-state index contributed by atoms with van der Waals surface area (Å²) in [6.45, 7) is 5.47. The van der Waals surface area contributed by atoms with E-state index in [-0.39, 0.29) is 0 Å². The van der Waals surface area contributed by atoms with Crippen molar-refractivity contribution in [2.45, 2.75) is 39.2 Å². The smallest absolute Gasteiger partial charge is 0.0445 e. The molecule has 1 heterocycles. The zero-order valence-corrected chi connectivity index (χ0v) is 7.06. The van der Waals surface area contributed by atoms with Crippen LogP contribution in [0, 0.1) is 0 Å². The fourth-order valence-corrected chi connectivity index (χ4v) is 1.16. The predicted molar refractivity (Wildman–Crippen MR) is 44.1 cm³/mol. The van der Waals surface area contributed by atoms with Gasteiger partial charge in [0.25, 0.3) is 0 Å². The van der Waals surface area contributed by atoms with E-state index >= 15 is 0 Å². The van der Waals surface area contributed by atoms with Crippen LogP contribution in [0.1, 0.15) is 33.1 Å². The third-order valence-corrected chi connectivity index (χ3v) is 1.64. The van der Waals surface area contributed by atoms with Crippen molar-refractivity contribution in [3.05, 3.63) is 0 Å². The van der Waals surface area contributed by atoms with Crippen LogP contribution in [0.5, 0.6) is 0 Å². The van der Waals surface area contributed by atoms with Gasteiger partial charge in [0.2, 0.25) is 0 Å². The Labute approximate surface area is 63.6 Å². The number of hydrogen-bond acceptors (Lipinski definition) is 2. The van der Waals surface area contributed by atoms with Gasteiger partial charge in [-0.2, -0.15) is 0 Å². The fourth-order valence-electron chi connectivity index (χ4n) is 1.16. The second-order valence-corrected chi connectivity index (χ2v) is 2.31. The highest BCUT2D eigenvalue weighted by atomic mass is 16.3. The van der Waals surface area contributed by atoms with E-state index in [0.717, 1.165) is 13.0 Å². The molecule has 1 saturated heterocycles. The minimum absolute atomic E-state index is 0.331. The van der Waals surface area contributed by atoms with Crippen molar-refractivity contribution in [3.63, 3.8) is 0 Å². The van der Waals surface area contributed by atoms with Crippen molar-refractivity contribution in [1.82, 2.24) is 5.32 Å². The van der Waals surface area contributed by atoms with Crippen LogP contribution < -0.4 is 5.32 Å². The Bertz CT molecular complexity index is 60.3. The van der Waals surface area contributed by atoms with Crippen LogP contribution in [0.4, 0.5) is 0 Å². The molecular formula is C8H19NO. The zero-order valence-electron chi connectivity index (χ0n) is 7.06. The Balaban J connectivity index is 0.000000371. The Kier molecular flexibility index (Phi) is 6.98. The second kappa shape index (κ2) is 7.03. The van der Waals surface area contributed by atoms with E-state index in [1.807, 2.05) is 13.8 Å². The van der Waals surface area contributed by atoms with Crippen LogP contribution in [0.15, 0.2) is 0 Å². The van der Waals surface area contributed by atoms with E-state index in [9.17, 15) is 0 Å². The minimum atomic E-state index is 0.331. The number of aliphatic hydroxyl groups excluding tert-OH is 1. The molecule has 1 aliphatic heterocycles. The van der Waals surface area contributed by atoms with Crippen molar-refractivity contribution in [2.75, 3.05) is 13.2 Å². The van der Waals surface area contributed by atoms with Gasteiger partial charge in [-0.25, -0.2) is 0 Å². The fraction of sp³-hybridized carbons (Fsp3) is 1.00. The third kappa shape index (κ3) is 3.85. The Morgan fingerprint density at radius 3 is 2.60 bits per heavy atom. The molecule has 0 aliphatic carbocycles. The van der Waals surface area contributed by atoms with Crippen LogP contribution in [-0.4, -0.2) is 24.3 Å². The summed E-state index contributed by atoms with van der Waals surface area (Å²) < 4.78 is 0. The van der Waals surface area contributed by atoms with E-state index in [1.165, 1.54) is 12.8 Å². The highest BCUT2D eigenvalue weighted by Crippen LogP contribution is 2.06. The van der Waals surface area contributed by atoms with E-state index in [2.05, 4.69) is 5.32 Å². The molecule has 0 aromatic carbocycles. The molecule has 2 N–H and O–H groups in total. The maximum Gasteiger partial charge on any atom is 0.0445 e. The molecule has 0 aromatic rings. The standard InChI is InChI=1S/C6H13NO.C2H6/c8-5-3-6-2-1-4-7-6;1-2/h6-8H,1-5H2;1-2H3. The van der Waals surface area contributed by atoms with Gasteiger partial charge in [-0.05, 0) is 25.8 Å². The molecule has 2 nitrogen and oxygen atoms in total. The molecule has 2 heteroatoms. The lowest BCUT2D eigenvalue weighted by Crippen LogP contribution is -2.21. The summed E-state index contributed by atoms with van der Waals surface area (Å²) in [4.78, 5) is 0. The summed E-state index contributed by atoms with van der Waals surface area (Å²) in [7, 11) is 0. The zero-order chi connectivity index (χ0) is 7.82. The number of nitrogens with one attached hydrogen (secondary N) is 1. The highest BCUT2D eigenvalue weighted by Gasteiger charge is 2.11. The number of aliphatic hydroxyl groups is 1. The van der Waals surface area contributed by atoms with E-state index in [0.29, 0.717) is 12.6 Å². The summed E-state index contributed by atoms with van der Waals surface area (Å²) in [6, 6.07) is 0.611. The van der Waals surface area contributed by atoms with Crippen LogP contribution >= 0.6 is 0 Å². The summed E-state index contributed by atoms with van der Waals surface area (Å²) in [5, 5.41) is 11.8. The highest BCUT2D eigenvalue weighted by molar-refractivity contribution is 4.72. The van der Waals surface area contributed by atoms with Crippen LogP contribution in [0.2, 0.25) is 0 Å². The molecule has 62 valence electrons. The third-order valence-electron chi connectivity index (χ3n) is 1.64. The molecule has 1 atom stereocenters. The van der Waals surface area contributed by atoms with Gasteiger partial charge in [-0.3, -0.25) is 0 Å². The molecule has 0 bridgehead atoms. The number of rotatable bonds is 2. The first-order valence-electron chi connectivity index (χ1n) is 4.27. The monoisotopic (exact) mass is 145 g/mol. The summed E-state index contributed by atoms with van der Waals surface area (Å²) in [5.41, 5.74) is 0. The maximum absolute atomic E-state index is 8.49. The van der Waals surface area contributed by atoms with Gasteiger partial charge in [0.05, 0.1) is 0 Å². The number of hydrogen-bond donors (Lipinski definition) is 2. The van der Waals surface area contributed by atoms with Gasteiger partial charge >= 0.3 is 0 Å². The normalized spacial score (nSPS) is 23.7. The lowest BCUT2D eigenvalue weighted by Gasteiger charge is -2.04. The summed E-state index contributed by atoms with van der Waals surface area (Å²) >= 11 is 0. The molecule has 1 unspecified atom stereocenters. The molecule has 0 radical (unpaired) electrons. The molecule has 1 aliphatic rings. The van der Waals surface area contributed by atoms with Crippen LogP contribution in [0.25, 0.3) is 0 Å². The molecule has 0 aromatic heterocycles. The Morgan fingerprint density at radius 1 is 1.50 bits per heavy atom. The van der Waals surface area contributed by atoms with Crippen molar-refractivity contribution in [3.8, 4) is 0 Å². The Hall–Kier alpha value is -0.0800. The van der Waals surface area contributed by atoms with Gasteiger partial charge in [0.1, 0.15) is 0 Å². The topological polar surface area (TPSA) is 32.3 Å². The van der Waals surface area contributed by atoms with Gasteiger partial charge in [0, 0.05) is 12.6 Å². The maximum atomic E-state index is 8.49. The summed E-state index contributed by atoms with van der Waals surface area (Å²) in [5.74, 6) is 0. The van der Waals surface area contributed by atoms with Crippen molar-refractivity contribution < 1.29 is 5.11 Å². The van der Waals surface area contributed by atoms with Crippen LogP contribution in [0.3, 0.4) is 0 Å². The quantitative estimate of drug-likeness (QED) is 0.611. The first kappa shape index (κ1) is 9.92. The average Bonchev–Trinajstić information content (AvgIpc) is 2.46. The molecule has 10 heavy (non-hydrogen) atoms. The van der Waals surface area contributed by atoms with Gasteiger partial charge in [-0.15, -0.1) is 0 Å². The minimum Gasteiger partial charge on any atom is -0.396 e. The molecule has 0 amide bonds. The predicted octanol–water partition coefficient (Wildman–Crippen LogP) is 1.15. The molecule has 1 rings (SSSR count). The van der Waals surface area contributed by atoms with Crippen LogP contribution in [-0.2, 0) is 0 Å². The van der Waals surface area contributed by atoms with Gasteiger partial charge in [0.15, 0.2) is 0 Å². The van der Waals surface area contributed by atoms with E-state index < -0.39 is 0 Å². The Morgan fingerprint density at radius 2 is 2.20 bits per heavy atom. The van der Waals surface area contributed by atoms with E-state index in [4.69, 9.17) is 5.11 Å². The van der Waals surface area contributed by atoms with Crippen molar-refractivity contribution >= 4 is 0 Å². The molecule has 0 spiro atoms. The van der Waals surface area contributed by atoms with Crippen molar-refractivity contribution in [2.24, 2.45) is 0 Å².